The van der Waals surface area contributed by atoms with E-state index >= 15 is 0 Å². The van der Waals surface area contributed by atoms with Gasteiger partial charge in [-0.15, -0.1) is 0 Å². The van der Waals surface area contributed by atoms with Crippen LogP contribution in [0.4, 0.5) is 5.69 Å². The minimum atomic E-state index is -3.57. The first-order valence-electron chi connectivity index (χ1n) is 13.0. The Morgan fingerprint density at radius 1 is 0.872 bits per heavy atom. The van der Waals surface area contributed by atoms with Crippen molar-refractivity contribution in [2.45, 2.75) is 30.4 Å². The number of carbonyl (C=O) groups is 2. The van der Waals surface area contributed by atoms with Crippen LogP contribution in [0.1, 0.15) is 17.5 Å². The van der Waals surface area contributed by atoms with Crippen molar-refractivity contribution in [3.05, 3.63) is 90.0 Å². The highest BCUT2D eigenvalue weighted by Gasteiger charge is 2.33. The molecule has 2 aliphatic rings. The number of aryl methyl sites for hydroxylation is 1. The maximum atomic E-state index is 13.3. The number of nitrogens with zero attached hydrogens (tertiary/aromatic N) is 2. The van der Waals surface area contributed by atoms with Crippen LogP contribution in [0.2, 0.25) is 0 Å². The van der Waals surface area contributed by atoms with Crippen molar-refractivity contribution in [3.8, 4) is 5.75 Å². The number of amides is 2. The van der Waals surface area contributed by atoms with Gasteiger partial charge in [0.15, 0.2) is 6.10 Å². The molecule has 10 heteroatoms. The Labute approximate surface area is 228 Å². The number of fused-ring (bicyclic) bond motifs is 1. The van der Waals surface area contributed by atoms with E-state index in [1.807, 2.05) is 36.4 Å². The number of morpholine rings is 1. The number of anilines is 1. The molecule has 204 valence electrons. The Morgan fingerprint density at radius 2 is 1.56 bits per heavy atom. The van der Waals surface area contributed by atoms with E-state index in [1.165, 1.54) is 4.31 Å². The van der Waals surface area contributed by atoms with Crippen LogP contribution in [0.25, 0.3) is 0 Å². The number of ether oxygens (including phenoxy) is 2. The molecule has 0 aromatic heterocycles. The largest absolute Gasteiger partial charge is 0.477 e. The van der Waals surface area contributed by atoms with Crippen LogP contribution in [-0.4, -0.2) is 63.5 Å². The van der Waals surface area contributed by atoms with Crippen molar-refractivity contribution in [3.63, 3.8) is 0 Å². The summed E-state index contributed by atoms with van der Waals surface area (Å²) in [5, 5.41) is 2.90. The zero-order valence-electron chi connectivity index (χ0n) is 21.5. The average Bonchev–Trinajstić information content (AvgIpc) is 2.99. The maximum Gasteiger partial charge on any atom is 0.263 e. The second-order valence-electron chi connectivity index (χ2n) is 9.44. The molecule has 1 saturated heterocycles. The van der Waals surface area contributed by atoms with Gasteiger partial charge in [0.2, 0.25) is 15.9 Å². The molecule has 1 atom stereocenters. The van der Waals surface area contributed by atoms with Crippen molar-refractivity contribution in [1.82, 2.24) is 9.62 Å². The molecule has 0 spiro atoms. The molecule has 0 bridgehead atoms. The molecule has 1 N–H and O–H groups in total. The van der Waals surface area contributed by atoms with Crippen molar-refractivity contribution in [2.75, 3.05) is 37.7 Å². The lowest BCUT2D eigenvalue weighted by Gasteiger charge is -2.34. The summed E-state index contributed by atoms with van der Waals surface area (Å²) < 4.78 is 38.4. The molecule has 1 fully saturated rings. The first kappa shape index (κ1) is 26.9. The zero-order valence-corrected chi connectivity index (χ0v) is 22.3. The fraction of sp³-hybridized carbons (Fsp3) is 0.310. The Morgan fingerprint density at radius 3 is 2.31 bits per heavy atom. The van der Waals surface area contributed by atoms with Gasteiger partial charge in [0.05, 0.1) is 30.3 Å². The molecule has 39 heavy (non-hydrogen) atoms. The van der Waals surface area contributed by atoms with Gasteiger partial charge in [-0.05, 0) is 41.8 Å². The summed E-state index contributed by atoms with van der Waals surface area (Å²) >= 11 is 0. The number of hydrogen-bond donors (Lipinski definition) is 1. The van der Waals surface area contributed by atoms with E-state index in [-0.39, 0.29) is 29.7 Å². The Bertz CT molecular complexity index is 1410. The Balaban J connectivity index is 1.22. The summed E-state index contributed by atoms with van der Waals surface area (Å²) in [7, 11) is -3.57. The molecule has 9 nitrogen and oxygen atoms in total. The van der Waals surface area contributed by atoms with Crippen molar-refractivity contribution in [2.24, 2.45) is 0 Å². The minimum absolute atomic E-state index is 0.104. The molecule has 0 radical (unpaired) electrons. The van der Waals surface area contributed by atoms with Crippen LogP contribution >= 0.6 is 0 Å². The molecule has 3 aromatic carbocycles. The van der Waals surface area contributed by atoms with Crippen molar-refractivity contribution < 1.29 is 27.5 Å². The maximum absolute atomic E-state index is 13.3. The van der Waals surface area contributed by atoms with Crippen LogP contribution in [-0.2, 0) is 37.3 Å². The van der Waals surface area contributed by atoms with Gasteiger partial charge in [-0.1, -0.05) is 54.6 Å². The lowest BCUT2D eigenvalue weighted by atomic mass is 10.1. The van der Waals surface area contributed by atoms with E-state index in [1.54, 1.807) is 47.4 Å². The van der Waals surface area contributed by atoms with Crippen LogP contribution in [0.3, 0.4) is 0 Å². The van der Waals surface area contributed by atoms with Crippen LogP contribution in [0.5, 0.6) is 5.75 Å². The second kappa shape index (κ2) is 12.0. The fourth-order valence-corrected chi connectivity index (χ4v) is 6.06. The van der Waals surface area contributed by atoms with E-state index in [9.17, 15) is 18.0 Å². The molecule has 0 saturated carbocycles. The second-order valence-corrected chi connectivity index (χ2v) is 11.4. The Hall–Kier alpha value is -3.73. The van der Waals surface area contributed by atoms with E-state index in [0.29, 0.717) is 50.7 Å². The molecular weight excluding hydrogens is 518 g/mol. The molecule has 2 heterocycles. The number of rotatable bonds is 8. The summed E-state index contributed by atoms with van der Waals surface area (Å²) in [5.74, 6) is 0.0504. The Kier molecular flexibility index (Phi) is 8.25. The SMILES string of the molecule is O=C(NCc1ccccc1)[C@@H]1CN(C(=O)CCc2ccc(S(=O)(=O)N3CCOCC3)cc2)c2ccccc2O1. The van der Waals surface area contributed by atoms with Gasteiger partial charge in [-0.3, -0.25) is 9.59 Å². The smallest absolute Gasteiger partial charge is 0.263 e. The average molecular weight is 550 g/mol. The highest BCUT2D eigenvalue weighted by Crippen LogP contribution is 2.33. The number of nitrogens with one attached hydrogen (secondary N) is 1. The predicted molar refractivity (Wildman–Crippen MR) is 146 cm³/mol. The molecule has 2 aliphatic heterocycles. The monoisotopic (exact) mass is 549 g/mol. The quantitative estimate of drug-likeness (QED) is 0.463. The molecule has 0 unspecified atom stereocenters. The first-order chi connectivity index (χ1) is 18.9. The highest BCUT2D eigenvalue weighted by molar-refractivity contribution is 7.89. The third-order valence-electron chi connectivity index (χ3n) is 6.84. The van der Waals surface area contributed by atoms with Gasteiger partial charge in [0.1, 0.15) is 5.75 Å². The molecule has 5 rings (SSSR count). The number of benzene rings is 3. The number of sulfonamides is 1. The number of carbonyl (C=O) groups excluding carboxylic acids is 2. The first-order valence-corrected chi connectivity index (χ1v) is 14.4. The van der Waals surface area contributed by atoms with E-state index < -0.39 is 16.1 Å². The van der Waals surface area contributed by atoms with Gasteiger partial charge >= 0.3 is 0 Å². The number of para-hydroxylation sites is 2. The third kappa shape index (κ3) is 6.30. The minimum Gasteiger partial charge on any atom is -0.477 e. The molecule has 2 amide bonds. The summed E-state index contributed by atoms with van der Waals surface area (Å²) in [5.41, 5.74) is 2.45. The van der Waals surface area contributed by atoms with Gasteiger partial charge in [0.25, 0.3) is 5.91 Å². The van der Waals surface area contributed by atoms with Crippen LogP contribution in [0.15, 0.2) is 83.8 Å². The predicted octanol–water partition coefficient (Wildman–Crippen LogP) is 2.75. The zero-order chi connectivity index (χ0) is 27.2. The summed E-state index contributed by atoms with van der Waals surface area (Å²) in [6.07, 6.45) is -0.208. The van der Waals surface area contributed by atoms with E-state index in [2.05, 4.69) is 5.32 Å². The fourth-order valence-electron chi connectivity index (χ4n) is 4.66. The molecule has 0 aliphatic carbocycles. The van der Waals surface area contributed by atoms with Gasteiger partial charge in [0, 0.05) is 26.1 Å². The standard InChI is InChI=1S/C29H31N3O6S/c33-28(15-12-22-10-13-24(14-11-22)39(35,36)31-16-18-37-19-17-31)32-21-27(38-26-9-5-4-8-25(26)32)29(34)30-20-23-6-2-1-3-7-23/h1-11,13-14,27H,12,15-21H2,(H,30,34)/t27-/m0/s1. The van der Waals surface area contributed by atoms with Gasteiger partial charge in [-0.25, -0.2) is 8.42 Å². The van der Waals surface area contributed by atoms with Crippen molar-refractivity contribution in [1.29, 1.82) is 0 Å². The highest BCUT2D eigenvalue weighted by atomic mass is 32.2. The van der Waals surface area contributed by atoms with E-state index in [4.69, 9.17) is 9.47 Å². The van der Waals surface area contributed by atoms with Crippen molar-refractivity contribution >= 4 is 27.5 Å². The third-order valence-corrected chi connectivity index (χ3v) is 8.75. The lowest BCUT2D eigenvalue weighted by Crippen LogP contribution is -2.50. The van der Waals surface area contributed by atoms with Gasteiger partial charge < -0.3 is 19.7 Å². The summed E-state index contributed by atoms with van der Waals surface area (Å²) in [6.45, 7) is 1.93. The molecular formula is C29H31N3O6S. The summed E-state index contributed by atoms with van der Waals surface area (Å²) in [6, 6.07) is 23.4. The topological polar surface area (TPSA) is 105 Å². The van der Waals surface area contributed by atoms with Crippen LogP contribution in [0, 0.1) is 0 Å². The lowest BCUT2D eigenvalue weighted by molar-refractivity contribution is -0.128. The van der Waals surface area contributed by atoms with E-state index in [0.717, 1.165) is 11.1 Å². The van der Waals surface area contributed by atoms with Crippen LogP contribution < -0.4 is 15.0 Å². The summed E-state index contributed by atoms with van der Waals surface area (Å²) in [4.78, 5) is 28.1. The normalized spacial score (nSPS) is 17.6. The number of hydrogen-bond acceptors (Lipinski definition) is 6. The van der Waals surface area contributed by atoms with Gasteiger partial charge in [-0.2, -0.15) is 4.31 Å². The molecule has 3 aromatic rings.